The Morgan fingerprint density at radius 2 is 2.04 bits per heavy atom. The van der Waals surface area contributed by atoms with Crippen molar-refractivity contribution >= 4 is 39.1 Å². The highest BCUT2D eigenvalue weighted by atomic mass is 35.5. The SMILES string of the molecule is CCCCN(C(=O)CSCc1ccc(Cl)cc1)C1CCS(=O)(=O)C1. The zero-order chi connectivity index (χ0) is 17.6. The summed E-state index contributed by atoms with van der Waals surface area (Å²) < 4.78 is 23.4. The van der Waals surface area contributed by atoms with E-state index < -0.39 is 9.84 Å². The molecule has 2 rings (SSSR count). The smallest absolute Gasteiger partial charge is 0.232 e. The Bertz CT molecular complexity index is 646. The number of hydrogen-bond donors (Lipinski definition) is 0. The van der Waals surface area contributed by atoms with E-state index in [1.807, 2.05) is 24.3 Å². The van der Waals surface area contributed by atoms with Crippen LogP contribution in [0.25, 0.3) is 0 Å². The van der Waals surface area contributed by atoms with Crippen LogP contribution in [0.4, 0.5) is 0 Å². The fourth-order valence-electron chi connectivity index (χ4n) is 2.78. The van der Waals surface area contributed by atoms with Crippen molar-refractivity contribution in [2.75, 3.05) is 23.8 Å². The number of thioether (sulfide) groups is 1. The number of hydrogen-bond acceptors (Lipinski definition) is 4. The molecule has 1 aliphatic rings. The Labute approximate surface area is 153 Å². The molecule has 134 valence electrons. The highest BCUT2D eigenvalue weighted by Gasteiger charge is 2.34. The average molecular weight is 390 g/mol. The first-order valence-corrected chi connectivity index (χ1v) is 11.6. The van der Waals surface area contributed by atoms with Crippen molar-refractivity contribution in [3.05, 3.63) is 34.9 Å². The van der Waals surface area contributed by atoms with Gasteiger partial charge >= 0.3 is 0 Å². The van der Waals surface area contributed by atoms with Crippen LogP contribution >= 0.6 is 23.4 Å². The Morgan fingerprint density at radius 1 is 1.33 bits per heavy atom. The van der Waals surface area contributed by atoms with Crippen molar-refractivity contribution in [2.24, 2.45) is 0 Å². The molecule has 7 heteroatoms. The summed E-state index contributed by atoms with van der Waals surface area (Å²) in [6, 6.07) is 7.45. The lowest BCUT2D eigenvalue weighted by atomic mass is 10.2. The molecule has 0 radical (unpaired) electrons. The first-order chi connectivity index (χ1) is 11.4. The second kappa shape index (κ2) is 9.11. The second-order valence-electron chi connectivity index (χ2n) is 6.12. The highest BCUT2D eigenvalue weighted by molar-refractivity contribution is 7.99. The molecule has 0 bridgehead atoms. The van der Waals surface area contributed by atoms with E-state index in [9.17, 15) is 13.2 Å². The molecule has 0 aromatic heterocycles. The summed E-state index contributed by atoms with van der Waals surface area (Å²) >= 11 is 7.42. The van der Waals surface area contributed by atoms with E-state index in [2.05, 4.69) is 6.92 Å². The molecule has 1 aromatic carbocycles. The molecule has 1 saturated heterocycles. The van der Waals surface area contributed by atoms with Crippen LogP contribution in [0.2, 0.25) is 5.02 Å². The maximum Gasteiger partial charge on any atom is 0.232 e. The van der Waals surface area contributed by atoms with Crippen LogP contribution < -0.4 is 0 Å². The van der Waals surface area contributed by atoms with E-state index in [1.54, 1.807) is 16.7 Å². The van der Waals surface area contributed by atoms with Gasteiger partial charge in [0.1, 0.15) is 0 Å². The van der Waals surface area contributed by atoms with Gasteiger partial charge in [-0.05, 0) is 30.5 Å². The second-order valence-corrected chi connectivity index (χ2v) is 9.77. The van der Waals surface area contributed by atoms with Gasteiger partial charge in [0, 0.05) is 23.4 Å². The van der Waals surface area contributed by atoms with Gasteiger partial charge in [0.2, 0.25) is 5.91 Å². The molecule has 1 amide bonds. The summed E-state index contributed by atoms with van der Waals surface area (Å²) in [4.78, 5) is 14.4. The predicted molar refractivity (Wildman–Crippen MR) is 101 cm³/mol. The van der Waals surface area contributed by atoms with Crippen molar-refractivity contribution in [1.29, 1.82) is 0 Å². The minimum atomic E-state index is -2.98. The van der Waals surface area contributed by atoms with Crippen molar-refractivity contribution < 1.29 is 13.2 Å². The molecule has 0 aliphatic carbocycles. The van der Waals surface area contributed by atoms with Crippen molar-refractivity contribution in [2.45, 2.75) is 38.0 Å². The topological polar surface area (TPSA) is 54.5 Å². The van der Waals surface area contributed by atoms with E-state index in [0.29, 0.717) is 23.7 Å². The van der Waals surface area contributed by atoms with Gasteiger partial charge in [-0.15, -0.1) is 11.8 Å². The maximum absolute atomic E-state index is 12.6. The fourth-order valence-corrected chi connectivity index (χ4v) is 5.51. The third-order valence-corrected chi connectivity index (χ3v) is 7.12. The van der Waals surface area contributed by atoms with Gasteiger partial charge in [-0.25, -0.2) is 8.42 Å². The molecule has 1 aromatic rings. The van der Waals surface area contributed by atoms with E-state index in [-0.39, 0.29) is 23.5 Å². The maximum atomic E-state index is 12.6. The Balaban J connectivity index is 1.88. The first-order valence-electron chi connectivity index (χ1n) is 8.23. The van der Waals surface area contributed by atoms with Crippen LogP contribution in [0.15, 0.2) is 24.3 Å². The molecule has 4 nitrogen and oxygen atoms in total. The van der Waals surface area contributed by atoms with E-state index in [4.69, 9.17) is 11.6 Å². The summed E-state index contributed by atoms with van der Waals surface area (Å²) in [5.41, 5.74) is 1.13. The first kappa shape index (κ1) is 19.6. The van der Waals surface area contributed by atoms with E-state index in [1.165, 1.54) is 0 Å². The van der Waals surface area contributed by atoms with Crippen LogP contribution in [-0.2, 0) is 20.4 Å². The molecule has 0 N–H and O–H groups in total. The van der Waals surface area contributed by atoms with Gasteiger partial charge in [-0.1, -0.05) is 37.1 Å². The minimum absolute atomic E-state index is 0.0458. The van der Waals surface area contributed by atoms with Gasteiger partial charge in [-0.2, -0.15) is 0 Å². The van der Waals surface area contributed by atoms with Gasteiger partial charge in [-0.3, -0.25) is 4.79 Å². The lowest BCUT2D eigenvalue weighted by molar-refractivity contribution is -0.130. The molecule has 1 heterocycles. The molecule has 1 fully saturated rings. The van der Waals surface area contributed by atoms with Crippen molar-refractivity contribution in [3.63, 3.8) is 0 Å². The van der Waals surface area contributed by atoms with Crippen LogP contribution in [0.1, 0.15) is 31.7 Å². The average Bonchev–Trinajstić information content (AvgIpc) is 2.89. The molecule has 1 aliphatic heterocycles. The minimum Gasteiger partial charge on any atom is -0.338 e. The molecule has 0 spiro atoms. The quantitative estimate of drug-likeness (QED) is 0.683. The van der Waals surface area contributed by atoms with Crippen LogP contribution in [0.3, 0.4) is 0 Å². The van der Waals surface area contributed by atoms with Gasteiger partial charge < -0.3 is 4.90 Å². The van der Waals surface area contributed by atoms with Gasteiger partial charge in [0.05, 0.1) is 17.3 Å². The summed E-state index contributed by atoms with van der Waals surface area (Å²) in [7, 11) is -2.98. The van der Waals surface area contributed by atoms with E-state index >= 15 is 0 Å². The number of benzene rings is 1. The van der Waals surface area contributed by atoms with E-state index in [0.717, 1.165) is 24.2 Å². The highest BCUT2D eigenvalue weighted by Crippen LogP contribution is 2.21. The molecular formula is C17H24ClNO3S2. The normalized spacial score (nSPS) is 19.3. The number of carbonyl (C=O) groups is 1. The van der Waals surface area contributed by atoms with Gasteiger partial charge in [0.15, 0.2) is 9.84 Å². The van der Waals surface area contributed by atoms with Crippen molar-refractivity contribution in [1.82, 2.24) is 4.90 Å². The number of amides is 1. The zero-order valence-corrected chi connectivity index (χ0v) is 16.3. The third kappa shape index (κ3) is 5.97. The Morgan fingerprint density at radius 3 is 2.62 bits per heavy atom. The van der Waals surface area contributed by atoms with Crippen LogP contribution in [-0.4, -0.2) is 49.1 Å². The Hall–Kier alpha value is -0.720. The number of carbonyl (C=O) groups excluding carboxylic acids is 1. The molecule has 24 heavy (non-hydrogen) atoms. The van der Waals surface area contributed by atoms with Crippen LogP contribution in [0, 0.1) is 0 Å². The molecule has 1 unspecified atom stereocenters. The summed E-state index contributed by atoms with van der Waals surface area (Å²) in [6.07, 6.45) is 2.46. The number of rotatable bonds is 8. The zero-order valence-electron chi connectivity index (χ0n) is 13.9. The van der Waals surface area contributed by atoms with Gasteiger partial charge in [0.25, 0.3) is 0 Å². The fraction of sp³-hybridized carbons (Fsp3) is 0.588. The lowest BCUT2D eigenvalue weighted by Gasteiger charge is -2.28. The number of nitrogens with zero attached hydrogens (tertiary/aromatic N) is 1. The molecule has 1 atom stereocenters. The third-order valence-electron chi connectivity index (χ3n) is 4.13. The van der Waals surface area contributed by atoms with Crippen molar-refractivity contribution in [3.8, 4) is 0 Å². The standard InChI is InChI=1S/C17H24ClNO3S2/c1-2-3-9-19(16-8-10-24(21,22)13-16)17(20)12-23-11-14-4-6-15(18)7-5-14/h4-7,16H,2-3,8-13H2,1H3. The Kier molecular flexibility index (Phi) is 7.44. The lowest BCUT2D eigenvalue weighted by Crippen LogP contribution is -2.42. The largest absolute Gasteiger partial charge is 0.338 e. The number of sulfone groups is 1. The number of halogens is 1. The molecule has 0 saturated carbocycles. The predicted octanol–water partition coefficient (Wildman–Crippen LogP) is 3.39. The number of unbranched alkanes of at least 4 members (excludes halogenated alkanes) is 1. The molecular weight excluding hydrogens is 366 g/mol. The van der Waals surface area contributed by atoms with Crippen LogP contribution in [0.5, 0.6) is 0 Å². The monoisotopic (exact) mass is 389 g/mol. The summed E-state index contributed by atoms with van der Waals surface area (Å²) in [6.45, 7) is 2.72. The summed E-state index contributed by atoms with van der Waals surface area (Å²) in [5.74, 6) is 1.48. The summed E-state index contributed by atoms with van der Waals surface area (Å²) in [5, 5.41) is 0.702.